The highest BCUT2D eigenvalue weighted by molar-refractivity contribution is 5.81. The van der Waals surface area contributed by atoms with Crippen molar-refractivity contribution in [3.8, 4) is 0 Å². The van der Waals surface area contributed by atoms with Crippen molar-refractivity contribution >= 4 is 10.8 Å². The minimum atomic E-state index is 1.31. The summed E-state index contributed by atoms with van der Waals surface area (Å²) in [6, 6.07) is 22.4. The van der Waals surface area contributed by atoms with E-state index in [2.05, 4.69) is 53.5 Å². The molecule has 2 aromatic carbocycles. The molecule has 0 aliphatic carbocycles. The van der Waals surface area contributed by atoms with Crippen molar-refractivity contribution in [1.29, 1.82) is 0 Å². The highest BCUT2D eigenvalue weighted by Crippen LogP contribution is 2.11. The minimum Gasteiger partial charge on any atom is -0.265 e. The molecule has 0 saturated heterocycles. The molecule has 92 valence electrons. The summed E-state index contributed by atoms with van der Waals surface area (Å²) in [5, 5.41) is 2.62. The van der Waals surface area contributed by atoms with E-state index in [4.69, 9.17) is 0 Å². The van der Waals surface area contributed by atoms with Gasteiger partial charge >= 0.3 is 0 Å². The normalized spacial score (nSPS) is 8.56. The lowest BCUT2D eigenvalue weighted by atomic mass is 10.1. The maximum absolute atomic E-state index is 3.78. The van der Waals surface area contributed by atoms with Crippen molar-refractivity contribution in [2.24, 2.45) is 0 Å². The zero-order valence-corrected chi connectivity index (χ0v) is 11.0. The quantitative estimate of drug-likeness (QED) is 0.539. The molecule has 0 amide bonds. The molecule has 0 fully saturated rings. The van der Waals surface area contributed by atoms with Gasteiger partial charge in [0.1, 0.15) is 0 Å². The molecule has 1 heteroatoms. The Kier molecular flexibility index (Phi) is 6.91. The van der Waals surface area contributed by atoms with Crippen LogP contribution >= 0.6 is 0 Å². The van der Waals surface area contributed by atoms with E-state index in [0.29, 0.717) is 0 Å². The fourth-order valence-electron chi connectivity index (χ4n) is 1.45. The van der Waals surface area contributed by atoms with Gasteiger partial charge in [0.25, 0.3) is 0 Å². The van der Waals surface area contributed by atoms with E-state index < -0.39 is 0 Å². The molecule has 0 bridgehead atoms. The van der Waals surface area contributed by atoms with E-state index >= 15 is 0 Å². The summed E-state index contributed by atoms with van der Waals surface area (Å²) < 4.78 is 0. The second-order valence-corrected chi connectivity index (χ2v) is 3.37. The van der Waals surface area contributed by atoms with Crippen LogP contribution in [-0.4, -0.2) is 4.98 Å². The van der Waals surface area contributed by atoms with Crippen LogP contribution in [0.2, 0.25) is 0 Å². The molecule has 1 heterocycles. The first-order chi connectivity index (χ1) is 8.97. The second kappa shape index (κ2) is 8.94. The van der Waals surface area contributed by atoms with Gasteiger partial charge in [-0.1, -0.05) is 68.4 Å². The fraction of sp³-hybridized carbons (Fsp3) is 0.118. The third-order valence-corrected chi connectivity index (χ3v) is 2.23. The maximum Gasteiger partial charge on any atom is 0.0267 e. The molecule has 0 aliphatic rings. The monoisotopic (exact) mass is 237 g/mol. The second-order valence-electron chi connectivity index (χ2n) is 3.37. The molecule has 0 spiro atoms. The molecule has 0 N–H and O–H groups in total. The predicted octanol–water partition coefficient (Wildman–Crippen LogP) is 4.95. The molecular formula is C17H19N. The van der Waals surface area contributed by atoms with Crippen LogP contribution in [0.15, 0.2) is 79.1 Å². The van der Waals surface area contributed by atoms with E-state index in [1.54, 1.807) is 12.4 Å². The van der Waals surface area contributed by atoms with Crippen LogP contribution in [0.25, 0.3) is 10.8 Å². The number of fused-ring (bicyclic) bond motifs is 1. The average Bonchev–Trinajstić information content (AvgIpc) is 2.52. The predicted molar refractivity (Wildman–Crippen MR) is 79.5 cm³/mol. The summed E-state index contributed by atoms with van der Waals surface area (Å²) in [6.07, 6.45) is 3.50. The summed E-state index contributed by atoms with van der Waals surface area (Å²) in [5.74, 6) is 0. The third kappa shape index (κ3) is 4.79. The number of pyridine rings is 1. The largest absolute Gasteiger partial charge is 0.265 e. The fourth-order valence-corrected chi connectivity index (χ4v) is 1.45. The lowest BCUT2D eigenvalue weighted by molar-refractivity contribution is 1.33. The van der Waals surface area contributed by atoms with Crippen LogP contribution in [0.3, 0.4) is 0 Å². The smallest absolute Gasteiger partial charge is 0.0267 e. The van der Waals surface area contributed by atoms with E-state index in [1.165, 1.54) is 10.8 Å². The van der Waals surface area contributed by atoms with Gasteiger partial charge in [-0.3, -0.25) is 4.98 Å². The van der Waals surface area contributed by atoms with E-state index in [-0.39, 0.29) is 0 Å². The molecule has 0 atom stereocenters. The Labute approximate surface area is 109 Å². The standard InChI is InChI=1S/C10H8.C5H5N.C2H6/c1-2-6-10-8-4-3-7-9(10)5-1;1-2-4-6-5-3-1;1-2/h1-8H;1-5H;1-2H3. The molecule has 1 nitrogen and oxygen atoms in total. The molecule has 0 unspecified atom stereocenters. The lowest BCUT2D eigenvalue weighted by Crippen LogP contribution is -1.67. The zero-order chi connectivity index (χ0) is 13.1. The number of nitrogens with zero attached hydrogens (tertiary/aromatic N) is 1. The Morgan fingerprint density at radius 2 is 0.944 bits per heavy atom. The molecule has 18 heavy (non-hydrogen) atoms. The van der Waals surface area contributed by atoms with Gasteiger partial charge in [-0.25, -0.2) is 0 Å². The Morgan fingerprint density at radius 1 is 0.556 bits per heavy atom. The number of hydrogen-bond acceptors (Lipinski definition) is 1. The Balaban J connectivity index is 0.000000174. The number of benzene rings is 2. The first-order valence-electron chi connectivity index (χ1n) is 6.25. The van der Waals surface area contributed by atoms with Gasteiger partial charge in [-0.05, 0) is 22.9 Å². The van der Waals surface area contributed by atoms with E-state index in [9.17, 15) is 0 Å². The highest BCUT2D eigenvalue weighted by Gasteiger charge is 1.85. The van der Waals surface area contributed by atoms with Crippen molar-refractivity contribution in [3.05, 3.63) is 79.1 Å². The zero-order valence-electron chi connectivity index (χ0n) is 11.0. The van der Waals surface area contributed by atoms with Crippen molar-refractivity contribution in [2.45, 2.75) is 13.8 Å². The molecule has 1 aromatic heterocycles. The van der Waals surface area contributed by atoms with Gasteiger partial charge in [-0.2, -0.15) is 0 Å². The molecule has 0 radical (unpaired) electrons. The molecule has 0 saturated carbocycles. The van der Waals surface area contributed by atoms with Crippen molar-refractivity contribution in [3.63, 3.8) is 0 Å². The number of rotatable bonds is 0. The first kappa shape index (κ1) is 13.9. The summed E-state index contributed by atoms with van der Waals surface area (Å²) in [7, 11) is 0. The van der Waals surface area contributed by atoms with Gasteiger partial charge in [0.2, 0.25) is 0 Å². The SMILES string of the molecule is CC.c1ccc2ccccc2c1.c1ccncc1. The molecule has 3 aromatic rings. The number of hydrogen-bond donors (Lipinski definition) is 0. The highest BCUT2D eigenvalue weighted by atomic mass is 14.6. The Morgan fingerprint density at radius 3 is 1.17 bits per heavy atom. The van der Waals surface area contributed by atoms with Crippen LogP contribution in [0.4, 0.5) is 0 Å². The van der Waals surface area contributed by atoms with Gasteiger partial charge in [0.05, 0.1) is 0 Å². The van der Waals surface area contributed by atoms with E-state index in [1.807, 2.05) is 32.0 Å². The van der Waals surface area contributed by atoms with Gasteiger partial charge in [-0.15, -0.1) is 0 Å². The van der Waals surface area contributed by atoms with Crippen LogP contribution in [-0.2, 0) is 0 Å². The Bertz CT molecular complexity index is 440. The van der Waals surface area contributed by atoms with Crippen molar-refractivity contribution < 1.29 is 0 Å². The van der Waals surface area contributed by atoms with Gasteiger partial charge in [0, 0.05) is 12.4 Å². The molecule has 3 rings (SSSR count). The van der Waals surface area contributed by atoms with Crippen molar-refractivity contribution in [1.82, 2.24) is 4.98 Å². The average molecular weight is 237 g/mol. The molecular weight excluding hydrogens is 218 g/mol. The minimum absolute atomic E-state index is 1.31. The third-order valence-electron chi connectivity index (χ3n) is 2.23. The Hall–Kier alpha value is -2.15. The topological polar surface area (TPSA) is 12.9 Å². The van der Waals surface area contributed by atoms with Crippen molar-refractivity contribution in [2.75, 3.05) is 0 Å². The first-order valence-corrected chi connectivity index (χ1v) is 6.25. The van der Waals surface area contributed by atoms with Gasteiger partial charge < -0.3 is 0 Å². The number of aromatic nitrogens is 1. The lowest BCUT2D eigenvalue weighted by Gasteiger charge is -1.92. The summed E-state index contributed by atoms with van der Waals surface area (Å²) in [6.45, 7) is 4.00. The van der Waals surface area contributed by atoms with Crippen LogP contribution in [0, 0.1) is 0 Å². The van der Waals surface area contributed by atoms with Crippen LogP contribution in [0.5, 0.6) is 0 Å². The summed E-state index contributed by atoms with van der Waals surface area (Å²) >= 11 is 0. The summed E-state index contributed by atoms with van der Waals surface area (Å²) in [5.41, 5.74) is 0. The van der Waals surface area contributed by atoms with Gasteiger partial charge in [0.15, 0.2) is 0 Å². The van der Waals surface area contributed by atoms with E-state index in [0.717, 1.165) is 0 Å². The molecule has 0 aliphatic heterocycles. The van der Waals surface area contributed by atoms with Crippen LogP contribution in [0.1, 0.15) is 13.8 Å². The van der Waals surface area contributed by atoms with Crippen LogP contribution < -0.4 is 0 Å². The summed E-state index contributed by atoms with van der Waals surface area (Å²) in [4.78, 5) is 3.78. The maximum atomic E-state index is 3.78.